The van der Waals surface area contributed by atoms with E-state index in [2.05, 4.69) is 29.1 Å². The van der Waals surface area contributed by atoms with E-state index in [9.17, 15) is 4.79 Å². The van der Waals surface area contributed by atoms with Crippen molar-refractivity contribution < 1.29 is 4.79 Å². The van der Waals surface area contributed by atoms with Gasteiger partial charge in [-0.1, -0.05) is 11.6 Å². The van der Waals surface area contributed by atoms with Crippen molar-refractivity contribution in [2.75, 3.05) is 6.54 Å². The van der Waals surface area contributed by atoms with Gasteiger partial charge in [-0.15, -0.1) is 0 Å². The highest BCUT2D eigenvalue weighted by Gasteiger charge is 2.30. The third kappa shape index (κ3) is 2.63. The predicted octanol–water partition coefficient (Wildman–Crippen LogP) is 2.98. The lowest BCUT2D eigenvalue weighted by Crippen LogP contribution is -2.38. The number of hydrogen-bond donors (Lipinski definition) is 1. The number of nitrogens with zero attached hydrogens (tertiary/aromatic N) is 3. The molecule has 0 aliphatic carbocycles. The Bertz CT molecular complexity index is 834. The third-order valence-electron chi connectivity index (χ3n) is 4.60. The second kappa shape index (κ2) is 5.57. The maximum Gasteiger partial charge on any atom is 0.270 e. The van der Waals surface area contributed by atoms with Gasteiger partial charge in [-0.2, -0.15) is 5.10 Å². The number of benzene rings is 1. The van der Waals surface area contributed by atoms with Crippen LogP contribution in [-0.2, 0) is 6.54 Å². The minimum atomic E-state index is 0.0912. The molecule has 1 amide bonds. The average Bonchev–Trinajstić information content (AvgIpc) is 3.26. The van der Waals surface area contributed by atoms with E-state index in [0.29, 0.717) is 5.69 Å². The predicted molar refractivity (Wildman–Crippen MR) is 89.3 cm³/mol. The maximum atomic E-state index is 12.9. The van der Waals surface area contributed by atoms with Gasteiger partial charge in [0.1, 0.15) is 5.69 Å². The van der Waals surface area contributed by atoms with Crippen LogP contribution in [0.2, 0.25) is 0 Å². The van der Waals surface area contributed by atoms with Gasteiger partial charge in [-0.3, -0.25) is 9.48 Å². The summed E-state index contributed by atoms with van der Waals surface area (Å²) in [4.78, 5) is 18.2. The molecule has 1 saturated heterocycles. The topological polar surface area (TPSA) is 53.9 Å². The molecule has 0 saturated carbocycles. The van der Waals surface area contributed by atoms with Gasteiger partial charge < -0.3 is 9.88 Å². The monoisotopic (exact) mass is 308 g/mol. The summed E-state index contributed by atoms with van der Waals surface area (Å²) in [6, 6.07) is 10.3. The zero-order valence-corrected chi connectivity index (χ0v) is 13.2. The molecule has 0 bridgehead atoms. The molecule has 3 heterocycles. The van der Waals surface area contributed by atoms with Gasteiger partial charge in [0.25, 0.3) is 5.91 Å². The number of likely N-dealkylation sites (tertiary alicyclic amines) is 1. The van der Waals surface area contributed by atoms with Crippen molar-refractivity contribution in [2.45, 2.75) is 32.4 Å². The van der Waals surface area contributed by atoms with E-state index in [1.54, 1.807) is 6.20 Å². The average molecular weight is 308 g/mol. The molecule has 1 aliphatic heterocycles. The normalized spacial score (nSPS) is 18.0. The number of aromatic nitrogens is 3. The lowest BCUT2D eigenvalue weighted by molar-refractivity contribution is 0.0716. The van der Waals surface area contributed by atoms with Gasteiger partial charge in [0.05, 0.1) is 12.6 Å². The molecule has 1 N–H and O–H groups in total. The van der Waals surface area contributed by atoms with Crippen molar-refractivity contribution in [3.63, 3.8) is 0 Å². The van der Waals surface area contributed by atoms with Crippen LogP contribution in [0.4, 0.5) is 0 Å². The SMILES string of the molecule is Cc1ccc2[nH]c(C(=O)N3CCC[C@H]3Cn3cccn3)cc2c1. The van der Waals surface area contributed by atoms with E-state index >= 15 is 0 Å². The van der Waals surface area contributed by atoms with E-state index < -0.39 is 0 Å². The Kier molecular flexibility index (Phi) is 3.41. The Morgan fingerprint density at radius 3 is 3.13 bits per heavy atom. The number of aromatic amines is 1. The van der Waals surface area contributed by atoms with E-state index in [-0.39, 0.29) is 11.9 Å². The Morgan fingerprint density at radius 1 is 1.39 bits per heavy atom. The van der Waals surface area contributed by atoms with E-state index in [4.69, 9.17) is 0 Å². The van der Waals surface area contributed by atoms with Crippen molar-refractivity contribution >= 4 is 16.8 Å². The molecule has 1 atom stereocenters. The van der Waals surface area contributed by atoms with E-state index in [0.717, 1.165) is 36.8 Å². The Balaban J connectivity index is 1.58. The summed E-state index contributed by atoms with van der Waals surface area (Å²) in [6.07, 6.45) is 5.82. The Labute approximate surface area is 134 Å². The first-order chi connectivity index (χ1) is 11.2. The van der Waals surface area contributed by atoms with Crippen LogP contribution in [0.5, 0.6) is 0 Å². The second-order valence-corrected chi connectivity index (χ2v) is 6.30. The summed E-state index contributed by atoms with van der Waals surface area (Å²) in [6.45, 7) is 3.64. The number of carbonyl (C=O) groups is 1. The highest BCUT2D eigenvalue weighted by Crippen LogP contribution is 2.23. The van der Waals surface area contributed by atoms with Crippen molar-refractivity contribution in [2.24, 2.45) is 0 Å². The van der Waals surface area contributed by atoms with Gasteiger partial charge in [0.15, 0.2) is 0 Å². The highest BCUT2D eigenvalue weighted by molar-refractivity contribution is 5.98. The minimum Gasteiger partial charge on any atom is -0.351 e. The fourth-order valence-electron chi connectivity index (χ4n) is 3.44. The molecule has 1 aliphatic rings. The lowest BCUT2D eigenvalue weighted by atomic mass is 10.2. The molecule has 1 aromatic carbocycles. The molecule has 0 spiro atoms. The van der Waals surface area contributed by atoms with Gasteiger partial charge in [0.2, 0.25) is 0 Å². The minimum absolute atomic E-state index is 0.0912. The highest BCUT2D eigenvalue weighted by atomic mass is 16.2. The molecule has 5 heteroatoms. The second-order valence-electron chi connectivity index (χ2n) is 6.30. The molecular formula is C18H20N4O. The fraction of sp³-hybridized carbons (Fsp3) is 0.333. The lowest BCUT2D eigenvalue weighted by Gasteiger charge is -2.24. The summed E-state index contributed by atoms with van der Waals surface area (Å²) in [5.41, 5.74) is 2.90. The third-order valence-corrected chi connectivity index (χ3v) is 4.60. The Hall–Kier alpha value is -2.56. The van der Waals surface area contributed by atoms with Crippen molar-refractivity contribution in [3.8, 4) is 0 Å². The van der Waals surface area contributed by atoms with Crippen molar-refractivity contribution in [1.29, 1.82) is 0 Å². The van der Waals surface area contributed by atoms with E-state index in [1.165, 1.54) is 5.56 Å². The zero-order chi connectivity index (χ0) is 15.8. The summed E-state index contributed by atoms with van der Waals surface area (Å²) >= 11 is 0. The zero-order valence-electron chi connectivity index (χ0n) is 13.2. The molecule has 2 aromatic heterocycles. The van der Waals surface area contributed by atoms with Gasteiger partial charge in [-0.25, -0.2) is 0 Å². The Morgan fingerprint density at radius 2 is 2.30 bits per heavy atom. The quantitative estimate of drug-likeness (QED) is 0.808. The van der Waals surface area contributed by atoms with Crippen LogP contribution in [0, 0.1) is 6.92 Å². The van der Waals surface area contributed by atoms with Crippen LogP contribution < -0.4 is 0 Å². The first kappa shape index (κ1) is 14.1. The van der Waals surface area contributed by atoms with Crippen LogP contribution in [0.25, 0.3) is 10.9 Å². The van der Waals surface area contributed by atoms with Gasteiger partial charge >= 0.3 is 0 Å². The van der Waals surface area contributed by atoms with Crippen LogP contribution in [0.15, 0.2) is 42.7 Å². The molecule has 1 fully saturated rings. The molecule has 5 nitrogen and oxygen atoms in total. The molecule has 0 radical (unpaired) electrons. The summed E-state index contributed by atoms with van der Waals surface area (Å²) < 4.78 is 1.91. The largest absolute Gasteiger partial charge is 0.351 e. The van der Waals surface area contributed by atoms with Gasteiger partial charge in [0, 0.05) is 29.8 Å². The summed E-state index contributed by atoms with van der Waals surface area (Å²) in [5.74, 6) is 0.0912. The number of H-pyrrole nitrogens is 1. The number of aryl methyl sites for hydroxylation is 1. The standard InChI is InChI=1S/C18H20N4O/c1-13-5-6-16-14(10-13)11-17(20-16)18(23)22-9-2-4-15(22)12-21-8-3-7-19-21/h3,5-8,10-11,15,20H,2,4,9,12H2,1H3/t15-/m0/s1. The van der Waals surface area contributed by atoms with Crippen molar-refractivity contribution in [3.05, 3.63) is 54.0 Å². The molecule has 3 aromatic rings. The summed E-state index contributed by atoms with van der Waals surface area (Å²) in [7, 11) is 0. The van der Waals surface area contributed by atoms with E-state index in [1.807, 2.05) is 34.0 Å². The van der Waals surface area contributed by atoms with Crippen LogP contribution in [0.1, 0.15) is 28.9 Å². The van der Waals surface area contributed by atoms with Crippen LogP contribution >= 0.6 is 0 Å². The first-order valence-corrected chi connectivity index (χ1v) is 8.08. The number of rotatable bonds is 3. The fourth-order valence-corrected chi connectivity index (χ4v) is 3.44. The maximum absolute atomic E-state index is 12.9. The number of fused-ring (bicyclic) bond motifs is 1. The number of nitrogens with one attached hydrogen (secondary N) is 1. The van der Waals surface area contributed by atoms with Crippen LogP contribution in [0.3, 0.4) is 0 Å². The number of amides is 1. The molecule has 118 valence electrons. The molecule has 4 rings (SSSR count). The molecule has 23 heavy (non-hydrogen) atoms. The number of carbonyl (C=O) groups excluding carboxylic acids is 1. The van der Waals surface area contributed by atoms with Gasteiger partial charge in [-0.05, 0) is 44.0 Å². The molecule has 0 unspecified atom stereocenters. The number of hydrogen-bond acceptors (Lipinski definition) is 2. The first-order valence-electron chi connectivity index (χ1n) is 8.08. The summed E-state index contributed by atoms with van der Waals surface area (Å²) in [5, 5.41) is 5.36. The van der Waals surface area contributed by atoms with Crippen LogP contribution in [-0.4, -0.2) is 38.2 Å². The molecular weight excluding hydrogens is 288 g/mol. The van der Waals surface area contributed by atoms with Crippen molar-refractivity contribution in [1.82, 2.24) is 19.7 Å². The smallest absolute Gasteiger partial charge is 0.270 e.